The molecule has 2 unspecified atom stereocenters. The van der Waals surface area contributed by atoms with E-state index in [1.807, 2.05) is 13.8 Å². The molecule has 5 nitrogen and oxygen atoms in total. The quantitative estimate of drug-likeness (QED) is 0.757. The molecule has 0 heterocycles. The molecule has 0 spiro atoms. The minimum atomic E-state index is -3.49. The Bertz CT molecular complexity index is 330. The van der Waals surface area contributed by atoms with E-state index in [2.05, 4.69) is 0 Å². The lowest BCUT2D eigenvalue weighted by atomic mass is 10.4. The van der Waals surface area contributed by atoms with Crippen LogP contribution in [0.15, 0.2) is 0 Å². The summed E-state index contributed by atoms with van der Waals surface area (Å²) >= 11 is 1.02. The molecule has 0 amide bonds. The first-order valence-corrected chi connectivity index (χ1v) is 9.18. The SMILES string of the molecule is CCC(C)SP(N)(=O)N(C)S(C)(=O)=O. The van der Waals surface area contributed by atoms with Crippen LogP contribution < -0.4 is 5.50 Å². The van der Waals surface area contributed by atoms with Gasteiger partial charge in [0.1, 0.15) is 0 Å². The van der Waals surface area contributed by atoms with Gasteiger partial charge in [0, 0.05) is 12.3 Å². The summed E-state index contributed by atoms with van der Waals surface area (Å²) in [6.07, 6.45) is 1.78. The highest BCUT2D eigenvalue weighted by molar-refractivity contribution is 8.57. The molecule has 0 aromatic heterocycles. The molecule has 0 aromatic rings. The maximum atomic E-state index is 11.8. The smallest absolute Gasteiger partial charge is 0.276 e. The summed E-state index contributed by atoms with van der Waals surface area (Å²) in [6.45, 7) is 0.474. The number of nitrogens with zero attached hydrogens (tertiary/aromatic N) is 1. The topological polar surface area (TPSA) is 80.5 Å². The molecular formula is C6H17N2O3PS2. The molecule has 0 bridgehead atoms. The Kier molecular flexibility index (Phi) is 5.15. The molecule has 0 rings (SSSR count). The highest BCUT2D eigenvalue weighted by Crippen LogP contribution is 2.57. The second kappa shape index (κ2) is 4.99. The zero-order valence-electron chi connectivity index (χ0n) is 8.80. The van der Waals surface area contributed by atoms with Crippen molar-refractivity contribution in [3.05, 3.63) is 0 Å². The van der Waals surface area contributed by atoms with Gasteiger partial charge in [0.2, 0.25) is 10.0 Å². The largest absolute Gasteiger partial charge is 0.279 e. The molecule has 0 aromatic carbocycles. The highest BCUT2D eigenvalue weighted by Gasteiger charge is 2.31. The van der Waals surface area contributed by atoms with Gasteiger partial charge in [0.05, 0.1) is 6.26 Å². The van der Waals surface area contributed by atoms with Gasteiger partial charge in [-0.1, -0.05) is 25.2 Å². The van der Waals surface area contributed by atoms with Gasteiger partial charge in [-0.05, 0) is 6.42 Å². The first-order valence-electron chi connectivity index (χ1n) is 4.12. The molecular weight excluding hydrogens is 243 g/mol. The Morgan fingerprint density at radius 1 is 1.57 bits per heavy atom. The Morgan fingerprint density at radius 2 is 2.00 bits per heavy atom. The number of nitrogens with two attached hydrogens (primary N) is 1. The molecule has 0 saturated heterocycles. The average molecular weight is 260 g/mol. The van der Waals surface area contributed by atoms with Crippen molar-refractivity contribution >= 4 is 28.1 Å². The molecule has 2 atom stereocenters. The van der Waals surface area contributed by atoms with Gasteiger partial charge in [0.15, 0.2) is 0 Å². The zero-order chi connectivity index (χ0) is 11.6. The van der Waals surface area contributed by atoms with Crippen molar-refractivity contribution in [1.29, 1.82) is 0 Å². The van der Waals surface area contributed by atoms with Gasteiger partial charge in [-0.15, -0.1) is 4.08 Å². The van der Waals surface area contributed by atoms with Crippen LogP contribution in [0, 0.1) is 0 Å². The third kappa shape index (κ3) is 4.31. The first-order chi connectivity index (χ1) is 6.11. The third-order valence-electron chi connectivity index (χ3n) is 1.78. The van der Waals surface area contributed by atoms with Crippen LogP contribution in [0.1, 0.15) is 20.3 Å². The van der Waals surface area contributed by atoms with Crippen molar-refractivity contribution < 1.29 is 13.0 Å². The lowest BCUT2D eigenvalue weighted by Crippen LogP contribution is -2.25. The fourth-order valence-electron chi connectivity index (χ4n) is 0.605. The average Bonchev–Trinajstić information content (AvgIpc) is 2.00. The highest BCUT2D eigenvalue weighted by atomic mass is 32.7. The number of sulfonamides is 1. The Balaban J connectivity index is 4.72. The van der Waals surface area contributed by atoms with E-state index in [1.54, 1.807) is 0 Å². The van der Waals surface area contributed by atoms with Crippen molar-refractivity contribution in [1.82, 2.24) is 4.08 Å². The fourth-order valence-corrected chi connectivity index (χ4v) is 6.89. The summed E-state index contributed by atoms with van der Waals surface area (Å²) in [7, 11) is -2.25. The molecule has 0 fully saturated rings. The predicted molar refractivity (Wildman–Crippen MR) is 61.7 cm³/mol. The lowest BCUT2D eigenvalue weighted by molar-refractivity contribution is 0.535. The van der Waals surface area contributed by atoms with E-state index in [1.165, 1.54) is 7.05 Å². The Morgan fingerprint density at radius 3 is 2.29 bits per heavy atom. The molecule has 0 saturated carbocycles. The second-order valence-corrected chi connectivity index (χ2v) is 10.3. The minimum absolute atomic E-state index is 0.0787. The monoisotopic (exact) mass is 260 g/mol. The normalized spacial score (nSPS) is 19.3. The van der Waals surface area contributed by atoms with Crippen LogP contribution >= 0.6 is 18.0 Å². The molecule has 0 aliphatic carbocycles. The lowest BCUT2D eigenvalue weighted by Gasteiger charge is -2.23. The van der Waals surface area contributed by atoms with E-state index < -0.39 is 16.7 Å². The Hall–Kier alpha value is 0.450. The van der Waals surface area contributed by atoms with E-state index in [4.69, 9.17) is 5.50 Å². The van der Waals surface area contributed by atoms with Crippen LogP contribution in [-0.4, -0.2) is 31.0 Å². The minimum Gasteiger partial charge on any atom is -0.276 e. The molecule has 14 heavy (non-hydrogen) atoms. The maximum absolute atomic E-state index is 11.8. The van der Waals surface area contributed by atoms with Gasteiger partial charge in [-0.25, -0.2) is 8.42 Å². The number of hydrogen-bond acceptors (Lipinski definition) is 4. The molecule has 0 aliphatic rings. The second-order valence-electron chi connectivity index (χ2n) is 3.09. The summed E-state index contributed by atoms with van der Waals surface area (Å²) in [6, 6.07) is 0. The van der Waals surface area contributed by atoms with Crippen LogP contribution in [-0.2, 0) is 14.6 Å². The van der Waals surface area contributed by atoms with E-state index >= 15 is 0 Å². The molecule has 0 radical (unpaired) electrons. The standard InChI is InChI=1S/C6H17N2O3PS2/c1-5-6(2)13-12(7,9)8(3)14(4,10)11/h6H,5H2,1-4H3,(H2,7,9). The van der Waals surface area contributed by atoms with Gasteiger partial charge >= 0.3 is 0 Å². The van der Waals surface area contributed by atoms with Crippen molar-refractivity contribution in [3.8, 4) is 0 Å². The third-order valence-corrected chi connectivity index (χ3v) is 9.17. The van der Waals surface area contributed by atoms with E-state index in [0.717, 1.165) is 28.1 Å². The number of hydrogen-bond donors (Lipinski definition) is 1. The number of rotatable bonds is 5. The summed E-state index contributed by atoms with van der Waals surface area (Å²) in [5.41, 5.74) is 5.49. The first kappa shape index (κ1) is 14.5. The van der Waals surface area contributed by atoms with Gasteiger partial charge in [-0.2, -0.15) is 0 Å². The van der Waals surface area contributed by atoms with Crippen LogP contribution in [0.25, 0.3) is 0 Å². The van der Waals surface area contributed by atoms with Gasteiger partial charge in [-0.3, -0.25) is 10.1 Å². The van der Waals surface area contributed by atoms with Crippen molar-refractivity contribution in [2.24, 2.45) is 5.50 Å². The van der Waals surface area contributed by atoms with Crippen LogP contribution in [0.4, 0.5) is 0 Å². The Labute approximate surface area is 89.7 Å². The van der Waals surface area contributed by atoms with Gasteiger partial charge < -0.3 is 0 Å². The summed E-state index contributed by atoms with van der Waals surface area (Å²) in [4.78, 5) is 0. The van der Waals surface area contributed by atoms with Gasteiger partial charge in [0.25, 0.3) is 6.65 Å². The molecule has 86 valence electrons. The van der Waals surface area contributed by atoms with Crippen molar-refractivity contribution in [2.45, 2.75) is 25.5 Å². The summed E-state index contributed by atoms with van der Waals surface area (Å²) in [5, 5.41) is 0.0787. The fraction of sp³-hybridized carbons (Fsp3) is 1.00. The molecule has 0 aliphatic heterocycles. The maximum Gasteiger partial charge on any atom is 0.279 e. The predicted octanol–water partition coefficient (Wildman–Crippen LogP) is 1.48. The van der Waals surface area contributed by atoms with E-state index in [9.17, 15) is 13.0 Å². The van der Waals surface area contributed by atoms with Crippen LogP contribution in [0.2, 0.25) is 0 Å². The van der Waals surface area contributed by atoms with E-state index in [0.29, 0.717) is 0 Å². The van der Waals surface area contributed by atoms with Crippen molar-refractivity contribution in [2.75, 3.05) is 13.3 Å². The summed E-state index contributed by atoms with van der Waals surface area (Å²) < 4.78 is 34.8. The zero-order valence-corrected chi connectivity index (χ0v) is 11.3. The van der Waals surface area contributed by atoms with Crippen LogP contribution in [0.3, 0.4) is 0 Å². The van der Waals surface area contributed by atoms with Crippen LogP contribution in [0.5, 0.6) is 0 Å². The summed E-state index contributed by atoms with van der Waals surface area (Å²) in [5.74, 6) is 0. The molecule has 8 heteroatoms. The van der Waals surface area contributed by atoms with Crippen molar-refractivity contribution in [3.63, 3.8) is 0 Å². The molecule has 2 N–H and O–H groups in total. The van der Waals surface area contributed by atoms with E-state index in [-0.39, 0.29) is 5.25 Å².